The first-order chi connectivity index (χ1) is 7.25. The van der Waals surface area contributed by atoms with Crippen molar-refractivity contribution in [3.63, 3.8) is 0 Å². The standard InChI is InChI=1S/C13H22N2/c1-10-5-6-13(11(2)8-10)15-9-12-4-3-7-14-12/h3-4,7,10-11,13-15H,5-6,8-9H2,1-2H3. The van der Waals surface area contributed by atoms with Crippen LogP contribution in [0.1, 0.15) is 38.8 Å². The molecular weight excluding hydrogens is 184 g/mol. The van der Waals surface area contributed by atoms with Gasteiger partial charge in [-0.2, -0.15) is 0 Å². The monoisotopic (exact) mass is 206 g/mol. The molecule has 1 aromatic rings. The minimum absolute atomic E-state index is 0.712. The lowest BCUT2D eigenvalue weighted by Gasteiger charge is -2.33. The first-order valence-electron chi connectivity index (χ1n) is 6.11. The molecule has 1 aromatic heterocycles. The van der Waals surface area contributed by atoms with Gasteiger partial charge in [-0.15, -0.1) is 0 Å². The fraction of sp³-hybridized carbons (Fsp3) is 0.692. The van der Waals surface area contributed by atoms with E-state index in [1.54, 1.807) is 0 Å². The topological polar surface area (TPSA) is 27.8 Å². The maximum atomic E-state index is 3.66. The molecule has 0 saturated heterocycles. The van der Waals surface area contributed by atoms with E-state index in [2.05, 4.69) is 36.3 Å². The Kier molecular flexibility index (Phi) is 3.47. The summed E-state index contributed by atoms with van der Waals surface area (Å²) >= 11 is 0. The molecule has 84 valence electrons. The molecule has 0 amide bonds. The summed E-state index contributed by atoms with van der Waals surface area (Å²) in [6.07, 6.45) is 6.08. The van der Waals surface area contributed by atoms with Crippen LogP contribution in [-0.4, -0.2) is 11.0 Å². The van der Waals surface area contributed by atoms with E-state index < -0.39 is 0 Å². The van der Waals surface area contributed by atoms with E-state index >= 15 is 0 Å². The molecule has 0 aliphatic heterocycles. The normalized spacial score (nSPS) is 31.7. The Morgan fingerprint density at radius 3 is 2.93 bits per heavy atom. The third-order valence-corrected chi connectivity index (χ3v) is 3.65. The highest BCUT2D eigenvalue weighted by Crippen LogP contribution is 2.28. The fourth-order valence-corrected chi connectivity index (χ4v) is 2.69. The van der Waals surface area contributed by atoms with Crippen molar-refractivity contribution in [1.82, 2.24) is 10.3 Å². The van der Waals surface area contributed by atoms with Gasteiger partial charge in [0.15, 0.2) is 0 Å². The van der Waals surface area contributed by atoms with E-state index in [1.807, 2.05) is 6.20 Å². The largest absolute Gasteiger partial charge is 0.364 e. The third-order valence-electron chi connectivity index (χ3n) is 3.65. The van der Waals surface area contributed by atoms with Crippen LogP contribution in [0.25, 0.3) is 0 Å². The Morgan fingerprint density at radius 1 is 1.40 bits per heavy atom. The highest BCUT2D eigenvalue weighted by atomic mass is 14.9. The molecule has 1 aliphatic rings. The Morgan fingerprint density at radius 2 is 2.27 bits per heavy atom. The highest BCUT2D eigenvalue weighted by molar-refractivity contribution is 5.03. The Labute approximate surface area is 92.5 Å². The second-order valence-electron chi connectivity index (χ2n) is 5.08. The SMILES string of the molecule is CC1CCC(NCc2ccc[nH]2)C(C)C1. The predicted molar refractivity (Wildman–Crippen MR) is 63.6 cm³/mol. The first-order valence-corrected chi connectivity index (χ1v) is 6.11. The molecule has 2 heteroatoms. The summed E-state index contributed by atoms with van der Waals surface area (Å²) in [7, 11) is 0. The van der Waals surface area contributed by atoms with Crippen LogP contribution < -0.4 is 5.32 Å². The van der Waals surface area contributed by atoms with E-state index in [0.29, 0.717) is 6.04 Å². The molecule has 0 spiro atoms. The van der Waals surface area contributed by atoms with Crippen molar-refractivity contribution in [2.24, 2.45) is 11.8 Å². The predicted octanol–water partition coefficient (Wildman–Crippen LogP) is 2.93. The van der Waals surface area contributed by atoms with Gasteiger partial charge in [0, 0.05) is 24.5 Å². The molecule has 1 heterocycles. The molecule has 0 radical (unpaired) electrons. The summed E-state index contributed by atoms with van der Waals surface area (Å²) in [5, 5.41) is 3.66. The zero-order chi connectivity index (χ0) is 10.7. The number of aromatic nitrogens is 1. The number of nitrogens with one attached hydrogen (secondary N) is 2. The number of rotatable bonds is 3. The van der Waals surface area contributed by atoms with Gasteiger partial charge in [0.2, 0.25) is 0 Å². The zero-order valence-corrected chi connectivity index (χ0v) is 9.79. The molecule has 2 nitrogen and oxygen atoms in total. The van der Waals surface area contributed by atoms with Crippen LogP contribution in [0.4, 0.5) is 0 Å². The van der Waals surface area contributed by atoms with Crippen LogP contribution in [0.2, 0.25) is 0 Å². The van der Waals surface area contributed by atoms with E-state index in [9.17, 15) is 0 Å². The van der Waals surface area contributed by atoms with E-state index in [4.69, 9.17) is 0 Å². The summed E-state index contributed by atoms with van der Waals surface area (Å²) < 4.78 is 0. The quantitative estimate of drug-likeness (QED) is 0.782. The number of hydrogen-bond donors (Lipinski definition) is 2. The van der Waals surface area contributed by atoms with Crippen LogP contribution in [0.15, 0.2) is 18.3 Å². The maximum absolute atomic E-state index is 3.66. The summed E-state index contributed by atoms with van der Waals surface area (Å²) in [6.45, 7) is 5.73. The van der Waals surface area contributed by atoms with Crippen molar-refractivity contribution in [2.75, 3.05) is 0 Å². The lowest BCUT2D eigenvalue weighted by Crippen LogP contribution is -2.38. The van der Waals surface area contributed by atoms with Crippen molar-refractivity contribution < 1.29 is 0 Å². The van der Waals surface area contributed by atoms with E-state index in [0.717, 1.165) is 18.4 Å². The molecule has 1 saturated carbocycles. The van der Waals surface area contributed by atoms with Crippen LogP contribution in [0, 0.1) is 11.8 Å². The lowest BCUT2D eigenvalue weighted by molar-refractivity contribution is 0.227. The molecule has 2 rings (SSSR count). The van der Waals surface area contributed by atoms with Gasteiger partial charge in [0.05, 0.1) is 0 Å². The maximum Gasteiger partial charge on any atom is 0.0359 e. The van der Waals surface area contributed by atoms with Crippen molar-refractivity contribution in [2.45, 2.75) is 45.7 Å². The van der Waals surface area contributed by atoms with Gasteiger partial charge in [0.1, 0.15) is 0 Å². The van der Waals surface area contributed by atoms with Crippen LogP contribution >= 0.6 is 0 Å². The number of aromatic amines is 1. The van der Waals surface area contributed by atoms with Crippen molar-refractivity contribution >= 4 is 0 Å². The summed E-state index contributed by atoms with van der Waals surface area (Å²) in [5.74, 6) is 1.74. The Balaban J connectivity index is 1.79. The molecule has 0 bridgehead atoms. The Bertz CT molecular complexity index is 279. The Hall–Kier alpha value is -0.760. The van der Waals surface area contributed by atoms with Gasteiger partial charge in [-0.1, -0.05) is 13.8 Å². The van der Waals surface area contributed by atoms with Gasteiger partial charge in [0.25, 0.3) is 0 Å². The van der Waals surface area contributed by atoms with Crippen molar-refractivity contribution in [3.8, 4) is 0 Å². The minimum Gasteiger partial charge on any atom is -0.364 e. The molecular formula is C13H22N2. The third kappa shape index (κ3) is 2.85. The highest BCUT2D eigenvalue weighted by Gasteiger charge is 2.24. The second kappa shape index (κ2) is 4.84. The van der Waals surface area contributed by atoms with Gasteiger partial charge in [-0.25, -0.2) is 0 Å². The average molecular weight is 206 g/mol. The minimum atomic E-state index is 0.712. The lowest BCUT2D eigenvalue weighted by atomic mass is 9.80. The molecule has 0 aromatic carbocycles. The van der Waals surface area contributed by atoms with Gasteiger partial charge < -0.3 is 10.3 Å². The molecule has 3 atom stereocenters. The van der Waals surface area contributed by atoms with Crippen molar-refractivity contribution in [1.29, 1.82) is 0 Å². The fourth-order valence-electron chi connectivity index (χ4n) is 2.69. The summed E-state index contributed by atoms with van der Waals surface area (Å²) in [6, 6.07) is 4.91. The number of H-pyrrole nitrogens is 1. The van der Waals surface area contributed by atoms with Crippen LogP contribution in [0.3, 0.4) is 0 Å². The molecule has 1 fully saturated rings. The molecule has 1 aliphatic carbocycles. The van der Waals surface area contributed by atoms with Gasteiger partial charge in [-0.05, 0) is 43.2 Å². The van der Waals surface area contributed by atoms with Crippen LogP contribution in [-0.2, 0) is 6.54 Å². The second-order valence-corrected chi connectivity index (χ2v) is 5.08. The van der Waals surface area contributed by atoms with Gasteiger partial charge >= 0.3 is 0 Å². The van der Waals surface area contributed by atoms with Crippen LogP contribution in [0.5, 0.6) is 0 Å². The molecule has 15 heavy (non-hydrogen) atoms. The number of hydrogen-bond acceptors (Lipinski definition) is 1. The molecule has 3 unspecified atom stereocenters. The summed E-state index contributed by atoms with van der Waals surface area (Å²) in [5.41, 5.74) is 1.29. The smallest absolute Gasteiger partial charge is 0.0359 e. The zero-order valence-electron chi connectivity index (χ0n) is 9.79. The molecule has 2 N–H and O–H groups in total. The summed E-state index contributed by atoms with van der Waals surface area (Å²) in [4.78, 5) is 3.24. The van der Waals surface area contributed by atoms with Crippen molar-refractivity contribution in [3.05, 3.63) is 24.0 Å². The van der Waals surface area contributed by atoms with Gasteiger partial charge in [-0.3, -0.25) is 0 Å². The van der Waals surface area contributed by atoms with E-state index in [-0.39, 0.29) is 0 Å². The average Bonchev–Trinajstić information content (AvgIpc) is 2.69. The first kappa shape index (κ1) is 10.7. The van der Waals surface area contributed by atoms with E-state index in [1.165, 1.54) is 25.0 Å².